The van der Waals surface area contributed by atoms with Gasteiger partial charge in [-0.05, 0) is 83.5 Å². The van der Waals surface area contributed by atoms with Crippen LogP contribution in [0.15, 0.2) is 72.9 Å². The number of esters is 2. The van der Waals surface area contributed by atoms with Gasteiger partial charge in [0, 0.05) is 12.8 Å². The number of unbranched alkanes of at least 4 members (excludes halogenated alkanes) is 14. The van der Waals surface area contributed by atoms with Gasteiger partial charge in [-0.25, -0.2) is 0 Å². The van der Waals surface area contributed by atoms with Crippen LogP contribution >= 0.6 is 0 Å². The minimum atomic E-state index is -1.78. The number of hydrogen-bond acceptors (Lipinski definition) is 15. The normalized spacial score (nSPS) is 26.0. The fourth-order valence-electron chi connectivity index (χ4n) is 7.82. The van der Waals surface area contributed by atoms with Crippen LogP contribution in [0.1, 0.15) is 168 Å². The lowest BCUT2D eigenvalue weighted by Gasteiger charge is -2.42. The van der Waals surface area contributed by atoms with Crippen LogP contribution in [0, 0.1) is 0 Å². The molecule has 70 heavy (non-hydrogen) atoms. The Balaban J connectivity index is 1.81. The summed E-state index contributed by atoms with van der Waals surface area (Å²) in [5.74, 6) is -0.983. The van der Waals surface area contributed by atoms with Gasteiger partial charge in [0.2, 0.25) is 0 Å². The van der Waals surface area contributed by atoms with E-state index in [0.29, 0.717) is 12.8 Å². The number of ether oxygens (including phenoxy) is 6. The van der Waals surface area contributed by atoms with E-state index in [2.05, 4.69) is 86.8 Å². The van der Waals surface area contributed by atoms with E-state index in [-0.39, 0.29) is 19.4 Å². The maximum atomic E-state index is 13.0. The minimum Gasteiger partial charge on any atom is -0.462 e. The molecule has 0 aliphatic carbocycles. The molecule has 2 fully saturated rings. The fourth-order valence-corrected chi connectivity index (χ4v) is 7.82. The molecule has 0 saturated carbocycles. The van der Waals surface area contributed by atoms with Crippen molar-refractivity contribution in [2.24, 2.45) is 0 Å². The molecule has 0 amide bonds. The van der Waals surface area contributed by atoms with Crippen LogP contribution in [0.3, 0.4) is 0 Å². The lowest BCUT2D eigenvalue weighted by Crippen LogP contribution is -2.61. The van der Waals surface area contributed by atoms with E-state index in [0.717, 1.165) is 70.6 Å². The Kier molecular flexibility index (Phi) is 37.3. The highest BCUT2D eigenvalue weighted by Crippen LogP contribution is 2.26. The SMILES string of the molecule is CC/C=C\C/C=C\C/C=C\C/C=C\CCCCC(=O)OC(COC(=O)CCCCCCCCCCC/C=C\C/C=C\CCCCC)COC1OC(COC2OC(CO)C(O)C(O)C2O)C(O)C(O)C1O. The van der Waals surface area contributed by atoms with Gasteiger partial charge >= 0.3 is 11.9 Å². The van der Waals surface area contributed by atoms with E-state index in [1.165, 1.54) is 57.8 Å². The van der Waals surface area contributed by atoms with E-state index in [1.807, 2.05) is 0 Å². The Morgan fingerprint density at radius 2 is 0.900 bits per heavy atom. The number of hydrogen-bond donors (Lipinski definition) is 7. The second kappa shape index (κ2) is 41.4. The number of rotatable bonds is 40. The summed E-state index contributed by atoms with van der Waals surface area (Å²) in [5.41, 5.74) is 0. The molecule has 15 heteroatoms. The zero-order valence-corrected chi connectivity index (χ0v) is 42.5. The smallest absolute Gasteiger partial charge is 0.306 e. The second-order valence-electron chi connectivity index (χ2n) is 18.3. The van der Waals surface area contributed by atoms with E-state index >= 15 is 0 Å². The van der Waals surface area contributed by atoms with Crippen LogP contribution in [-0.4, -0.2) is 142 Å². The van der Waals surface area contributed by atoms with Crippen molar-refractivity contribution in [3.8, 4) is 0 Å². The summed E-state index contributed by atoms with van der Waals surface area (Å²) in [4.78, 5) is 25.8. The maximum absolute atomic E-state index is 13.0. The molecule has 2 saturated heterocycles. The van der Waals surface area contributed by atoms with Crippen molar-refractivity contribution in [3.63, 3.8) is 0 Å². The van der Waals surface area contributed by atoms with Crippen LogP contribution in [0.4, 0.5) is 0 Å². The van der Waals surface area contributed by atoms with Gasteiger partial charge in [-0.3, -0.25) is 9.59 Å². The van der Waals surface area contributed by atoms with Crippen LogP contribution < -0.4 is 0 Å². The quantitative estimate of drug-likeness (QED) is 0.0176. The Morgan fingerprint density at radius 1 is 0.471 bits per heavy atom. The zero-order chi connectivity index (χ0) is 51.0. The standard InChI is InChI=1S/C55H92O15/c1-3-5-7-9-11-13-15-17-19-20-21-22-24-25-27-29-31-33-35-37-46(57)65-40-43(68-47(58)38-36-34-32-30-28-26-23-18-16-14-12-10-8-6-4-2)41-66-54-53(64)51(62)49(60)45(70-54)42-67-55-52(63)50(61)48(59)44(39-56)69-55/h6,8,11-14,17-19,23,28,30,43-45,48-56,59-64H,3-5,7,9-10,15-16,20-22,24-27,29,31-42H2,1-2H3/b8-6-,13-11-,14-12-,19-17-,23-18-,30-28-. The van der Waals surface area contributed by atoms with Gasteiger partial charge in [0.15, 0.2) is 18.7 Å². The molecule has 2 rings (SSSR count). The summed E-state index contributed by atoms with van der Waals surface area (Å²) >= 11 is 0. The van der Waals surface area contributed by atoms with E-state index in [4.69, 9.17) is 28.4 Å². The Morgan fingerprint density at radius 3 is 1.44 bits per heavy atom. The highest BCUT2D eigenvalue weighted by molar-refractivity contribution is 5.70. The predicted molar refractivity (Wildman–Crippen MR) is 270 cm³/mol. The summed E-state index contributed by atoms with van der Waals surface area (Å²) in [6.45, 7) is 2.39. The summed E-state index contributed by atoms with van der Waals surface area (Å²) in [7, 11) is 0. The second-order valence-corrected chi connectivity index (χ2v) is 18.3. The first-order valence-corrected chi connectivity index (χ1v) is 26.5. The highest BCUT2D eigenvalue weighted by atomic mass is 16.7. The van der Waals surface area contributed by atoms with Crippen molar-refractivity contribution >= 4 is 11.9 Å². The van der Waals surface area contributed by atoms with Gasteiger partial charge in [-0.15, -0.1) is 0 Å². The van der Waals surface area contributed by atoms with Crippen molar-refractivity contribution in [1.29, 1.82) is 0 Å². The predicted octanol–water partition coefficient (Wildman–Crippen LogP) is 7.82. The van der Waals surface area contributed by atoms with Crippen molar-refractivity contribution in [3.05, 3.63) is 72.9 Å². The molecule has 11 atom stereocenters. The Bertz CT molecular complexity index is 1490. The van der Waals surface area contributed by atoms with Gasteiger partial charge in [-0.1, -0.05) is 145 Å². The third kappa shape index (κ3) is 28.8. The summed E-state index contributed by atoms with van der Waals surface area (Å²) in [6.07, 6.45) is 32.1. The van der Waals surface area contributed by atoms with E-state index in [9.17, 15) is 45.3 Å². The van der Waals surface area contributed by atoms with Crippen molar-refractivity contribution in [2.45, 2.75) is 235 Å². The maximum Gasteiger partial charge on any atom is 0.306 e. The first-order valence-electron chi connectivity index (χ1n) is 26.5. The Labute approximate surface area is 419 Å². The van der Waals surface area contributed by atoms with Gasteiger partial charge in [0.1, 0.15) is 55.4 Å². The van der Waals surface area contributed by atoms with Crippen LogP contribution in [-0.2, 0) is 38.0 Å². The molecular formula is C55H92O15. The zero-order valence-electron chi connectivity index (χ0n) is 42.5. The molecule has 2 heterocycles. The van der Waals surface area contributed by atoms with Gasteiger partial charge in [-0.2, -0.15) is 0 Å². The van der Waals surface area contributed by atoms with Crippen LogP contribution in [0.25, 0.3) is 0 Å². The average molecular weight is 993 g/mol. The molecule has 0 aromatic heterocycles. The van der Waals surface area contributed by atoms with Crippen LogP contribution in [0.5, 0.6) is 0 Å². The van der Waals surface area contributed by atoms with Crippen molar-refractivity contribution in [1.82, 2.24) is 0 Å². The lowest BCUT2D eigenvalue weighted by atomic mass is 9.98. The first kappa shape index (κ1) is 63.1. The molecule has 2 aliphatic heterocycles. The summed E-state index contributed by atoms with van der Waals surface area (Å²) in [5, 5.41) is 72.1. The molecule has 0 spiro atoms. The minimum absolute atomic E-state index is 0.109. The molecule has 7 N–H and O–H groups in total. The highest BCUT2D eigenvalue weighted by Gasteiger charge is 2.47. The molecule has 15 nitrogen and oxygen atoms in total. The molecule has 0 aromatic carbocycles. The van der Waals surface area contributed by atoms with Crippen LogP contribution in [0.2, 0.25) is 0 Å². The number of aliphatic hydroxyl groups excluding tert-OH is 7. The van der Waals surface area contributed by atoms with E-state index < -0.39 is 99.3 Å². The molecule has 11 unspecified atom stereocenters. The number of aliphatic hydroxyl groups is 7. The molecule has 0 aromatic rings. The number of allylic oxidation sites excluding steroid dienone is 12. The van der Waals surface area contributed by atoms with Crippen molar-refractivity contribution in [2.75, 3.05) is 26.4 Å². The molecule has 402 valence electrons. The molecule has 0 bridgehead atoms. The Hall–Kier alpha value is -3.06. The molecular weight excluding hydrogens is 901 g/mol. The number of carbonyl (C=O) groups is 2. The summed E-state index contributed by atoms with van der Waals surface area (Å²) in [6, 6.07) is 0. The van der Waals surface area contributed by atoms with Gasteiger partial charge < -0.3 is 64.2 Å². The average Bonchev–Trinajstić information content (AvgIpc) is 3.35. The van der Waals surface area contributed by atoms with Gasteiger partial charge in [0.05, 0.1) is 19.8 Å². The fraction of sp³-hybridized carbons (Fsp3) is 0.745. The third-order valence-electron chi connectivity index (χ3n) is 12.2. The topological polar surface area (TPSA) is 231 Å². The largest absolute Gasteiger partial charge is 0.462 e. The third-order valence-corrected chi connectivity index (χ3v) is 12.2. The number of carbonyl (C=O) groups excluding carboxylic acids is 2. The molecule has 0 radical (unpaired) electrons. The van der Waals surface area contributed by atoms with Crippen molar-refractivity contribution < 1.29 is 73.8 Å². The van der Waals surface area contributed by atoms with E-state index in [1.54, 1.807) is 0 Å². The molecule has 2 aliphatic rings. The monoisotopic (exact) mass is 993 g/mol. The first-order chi connectivity index (χ1) is 34.0. The lowest BCUT2D eigenvalue weighted by molar-refractivity contribution is -0.332. The van der Waals surface area contributed by atoms with Gasteiger partial charge in [0.25, 0.3) is 0 Å². The summed E-state index contributed by atoms with van der Waals surface area (Å²) < 4.78 is 33.5.